The SMILES string of the molecule is Cc1cc([C@H](C)Nc2ccccc2C(=O)O)c2cc(OCc3ccccc3)c(C)nc2c1. The molecule has 4 rings (SSSR count). The zero-order valence-electron chi connectivity index (χ0n) is 18.4. The second-order valence-electron chi connectivity index (χ2n) is 7.98. The van der Waals surface area contributed by atoms with Crippen LogP contribution in [0.5, 0.6) is 5.75 Å². The standard InChI is InChI=1S/C27H26N2O3/c1-17-13-22(18(2)28-24-12-8-7-11-21(24)27(30)31)23-15-26(19(3)29-25(23)14-17)32-16-20-9-5-4-6-10-20/h4-15,18,28H,16H2,1-3H3,(H,30,31)/t18-/m0/s1. The molecule has 5 heteroatoms. The van der Waals surface area contributed by atoms with Crippen LogP contribution in [0.4, 0.5) is 5.69 Å². The highest BCUT2D eigenvalue weighted by Gasteiger charge is 2.16. The minimum absolute atomic E-state index is 0.135. The highest BCUT2D eigenvalue weighted by atomic mass is 16.5. The molecule has 32 heavy (non-hydrogen) atoms. The third kappa shape index (κ3) is 4.57. The van der Waals surface area contributed by atoms with Gasteiger partial charge in [0.1, 0.15) is 12.4 Å². The molecule has 5 nitrogen and oxygen atoms in total. The van der Waals surface area contributed by atoms with Crippen molar-refractivity contribution in [3.8, 4) is 5.75 Å². The van der Waals surface area contributed by atoms with Crippen LogP contribution in [0.1, 0.15) is 45.7 Å². The van der Waals surface area contributed by atoms with E-state index in [9.17, 15) is 9.90 Å². The fourth-order valence-electron chi connectivity index (χ4n) is 3.87. The molecule has 0 amide bonds. The maximum absolute atomic E-state index is 11.6. The molecule has 162 valence electrons. The van der Waals surface area contributed by atoms with Gasteiger partial charge in [0.2, 0.25) is 0 Å². The molecule has 4 aromatic rings. The molecule has 1 atom stereocenters. The van der Waals surface area contributed by atoms with Crippen LogP contribution in [0.3, 0.4) is 0 Å². The zero-order valence-corrected chi connectivity index (χ0v) is 18.4. The molecular weight excluding hydrogens is 400 g/mol. The van der Waals surface area contributed by atoms with E-state index in [0.717, 1.165) is 39.0 Å². The fraction of sp³-hybridized carbons (Fsp3) is 0.185. The minimum Gasteiger partial charge on any atom is -0.487 e. The molecule has 0 radical (unpaired) electrons. The summed E-state index contributed by atoms with van der Waals surface area (Å²) < 4.78 is 6.10. The third-order valence-corrected chi connectivity index (χ3v) is 5.49. The van der Waals surface area contributed by atoms with E-state index in [1.165, 1.54) is 0 Å². The molecule has 3 aromatic carbocycles. The average Bonchev–Trinajstić information content (AvgIpc) is 2.78. The fourth-order valence-corrected chi connectivity index (χ4v) is 3.87. The Morgan fingerprint density at radius 1 is 1.03 bits per heavy atom. The van der Waals surface area contributed by atoms with Gasteiger partial charge in [0.05, 0.1) is 16.8 Å². The number of anilines is 1. The van der Waals surface area contributed by atoms with Crippen LogP contribution in [-0.2, 0) is 6.61 Å². The van der Waals surface area contributed by atoms with E-state index in [4.69, 9.17) is 9.72 Å². The number of carboxylic acids is 1. The highest BCUT2D eigenvalue weighted by Crippen LogP contribution is 2.32. The molecule has 0 aliphatic rings. The minimum atomic E-state index is -0.955. The quantitative estimate of drug-likeness (QED) is 0.363. The lowest BCUT2D eigenvalue weighted by Crippen LogP contribution is -2.11. The van der Waals surface area contributed by atoms with E-state index in [1.807, 2.05) is 63.2 Å². The molecule has 0 spiro atoms. The third-order valence-electron chi connectivity index (χ3n) is 5.49. The van der Waals surface area contributed by atoms with Gasteiger partial charge in [-0.1, -0.05) is 48.5 Å². The molecule has 0 unspecified atom stereocenters. The highest BCUT2D eigenvalue weighted by molar-refractivity contribution is 5.94. The van der Waals surface area contributed by atoms with Gasteiger partial charge in [-0.2, -0.15) is 0 Å². The van der Waals surface area contributed by atoms with Crippen molar-refractivity contribution >= 4 is 22.6 Å². The molecule has 1 heterocycles. The summed E-state index contributed by atoms with van der Waals surface area (Å²) >= 11 is 0. The molecule has 0 saturated heterocycles. The topological polar surface area (TPSA) is 71.5 Å². The number of carboxylic acid groups (broad SMARTS) is 1. The largest absolute Gasteiger partial charge is 0.487 e. The number of nitrogens with one attached hydrogen (secondary N) is 1. The van der Waals surface area contributed by atoms with Crippen molar-refractivity contribution in [1.82, 2.24) is 4.98 Å². The van der Waals surface area contributed by atoms with Crippen LogP contribution in [0, 0.1) is 13.8 Å². The average molecular weight is 427 g/mol. The van der Waals surface area contributed by atoms with Crippen LogP contribution < -0.4 is 10.1 Å². The second-order valence-corrected chi connectivity index (χ2v) is 7.98. The molecule has 0 bridgehead atoms. The zero-order chi connectivity index (χ0) is 22.7. The number of pyridine rings is 1. The van der Waals surface area contributed by atoms with Crippen LogP contribution in [0.2, 0.25) is 0 Å². The van der Waals surface area contributed by atoms with Gasteiger partial charge < -0.3 is 15.2 Å². The maximum atomic E-state index is 11.6. The van der Waals surface area contributed by atoms with Crippen molar-refractivity contribution in [3.05, 3.63) is 101 Å². The first-order chi connectivity index (χ1) is 15.4. The van der Waals surface area contributed by atoms with E-state index >= 15 is 0 Å². The van der Waals surface area contributed by atoms with Crippen molar-refractivity contribution < 1.29 is 14.6 Å². The number of para-hydroxylation sites is 1. The lowest BCUT2D eigenvalue weighted by molar-refractivity contribution is 0.0698. The molecule has 0 saturated carbocycles. The van der Waals surface area contributed by atoms with Crippen molar-refractivity contribution in [1.29, 1.82) is 0 Å². The number of aryl methyl sites for hydroxylation is 2. The second kappa shape index (κ2) is 9.10. The van der Waals surface area contributed by atoms with Crippen LogP contribution >= 0.6 is 0 Å². The normalized spacial score (nSPS) is 11.8. The van der Waals surface area contributed by atoms with Crippen molar-refractivity contribution in [2.45, 2.75) is 33.4 Å². The molecule has 1 aromatic heterocycles. The van der Waals surface area contributed by atoms with Gasteiger partial charge in [0.25, 0.3) is 0 Å². The van der Waals surface area contributed by atoms with Crippen molar-refractivity contribution in [2.75, 3.05) is 5.32 Å². The number of rotatable bonds is 7. The number of hydrogen-bond donors (Lipinski definition) is 2. The van der Waals surface area contributed by atoms with Gasteiger partial charge in [-0.3, -0.25) is 0 Å². The number of benzene rings is 3. The Labute approximate surface area is 187 Å². The summed E-state index contributed by atoms with van der Waals surface area (Å²) in [5.41, 5.74) is 5.79. The van der Waals surface area contributed by atoms with Gasteiger partial charge in [-0.15, -0.1) is 0 Å². The summed E-state index contributed by atoms with van der Waals surface area (Å²) in [6.45, 7) is 6.48. The predicted octanol–water partition coefficient (Wildman–Crippen LogP) is 6.30. The summed E-state index contributed by atoms with van der Waals surface area (Å²) in [6.07, 6.45) is 0. The van der Waals surface area contributed by atoms with Crippen molar-refractivity contribution in [3.63, 3.8) is 0 Å². The summed E-state index contributed by atoms with van der Waals surface area (Å²) in [7, 11) is 0. The molecule has 0 aliphatic heterocycles. The van der Waals surface area contributed by atoms with E-state index < -0.39 is 5.97 Å². The van der Waals surface area contributed by atoms with E-state index in [0.29, 0.717) is 12.3 Å². The van der Waals surface area contributed by atoms with Crippen LogP contribution in [0.25, 0.3) is 10.9 Å². The first-order valence-corrected chi connectivity index (χ1v) is 10.6. The summed E-state index contributed by atoms with van der Waals surface area (Å²) in [6, 6.07) is 23.1. The van der Waals surface area contributed by atoms with E-state index in [1.54, 1.807) is 18.2 Å². The van der Waals surface area contributed by atoms with Gasteiger partial charge in [0.15, 0.2) is 0 Å². The Kier molecular flexibility index (Phi) is 6.08. The first-order valence-electron chi connectivity index (χ1n) is 10.6. The predicted molar refractivity (Wildman–Crippen MR) is 127 cm³/mol. The van der Waals surface area contributed by atoms with E-state index in [2.05, 4.69) is 17.4 Å². The van der Waals surface area contributed by atoms with Gasteiger partial charge in [-0.05, 0) is 61.7 Å². The maximum Gasteiger partial charge on any atom is 0.337 e. The molecule has 2 N–H and O–H groups in total. The van der Waals surface area contributed by atoms with Gasteiger partial charge in [-0.25, -0.2) is 9.78 Å². The smallest absolute Gasteiger partial charge is 0.337 e. The lowest BCUT2D eigenvalue weighted by Gasteiger charge is -2.20. The van der Waals surface area contributed by atoms with Crippen LogP contribution in [0.15, 0.2) is 72.8 Å². The Morgan fingerprint density at radius 3 is 2.50 bits per heavy atom. The number of nitrogens with zero attached hydrogens (tertiary/aromatic N) is 1. The lowest BCUT2D eigenvalue weighted by atomic mass is 9.98. The Balaban J connectivity index is 1.69. The van der Waals surface area contributed by atoms with E-state index in [-0.39, 0.29) is 11.6 Å². The number of hydrogen-bond acceptors (Lipinski definition) is 4. The van der Waals surface area contributed by atoms with Crippen LogP contribution in [-0.4, -0.2) is 16.1 Å². The van der Waals surface area contributed by atoms with Gasteiger partial charge in [0, 0.05) is 17.1 Å². The molecular formula is C27H26N2O3. The Hall–Kier alpha value is -3.86. The Bertz CT molecular complexity index is 1270. The monoisotopic (exact) mass is 426 g/mol. The number of aromatic nitrogens is 1. The van der Waals surface area contributed by atoms with Crippen molar-refractivity contribution in [2.24, 2.45) is 0 Å². The molecule has 0 fully saturated rings. The summed E-state index contributed by atoms with van der Waals surface area (Å²) in [5.74, 6) is -0.215. The summed E-state index contributed by atoms with van der Waals surface area (Å²) in [4.78, 5) is 16.4. The number of fused-ring (bicyclic) bond motifs is 1. The number of aromatic carboxylic acids is 1. The first kappa shape index (κ1) is 21.4. The molecule has 0 aliphatic carbocycles. The Morgan fingerprint density at radius 2 is 1.75 bits per heavy atom. The number of ether oxygens (including phenoxy) is 1. The summed E-state index contributed by atoms with van der Waals surface area (Å²) in [5, 5.41) is 13.9. The number of carbonyl (C=O) groups is 1. The van der Waals surface area contributed by atoms with Gasteiger partial charge >= 0.3 is 5.97 Å².